The molecular weight excluding hydrogens is 332 g/mol. The van der Waals surface area contributed by atoms with Crippen LogP contribution in [0, 0.1) is 11.6 Å². The van der Waals surface area contributed by atoms with Crippen LogP contribution in [0.4, 0.5) is 8.78 Å². The summed E-state index contributed by atoms with van der Waals surface area (Å²) in [5.41, 5.74) is -0.193. The molecule has 0 saturated carbocycles. The summed E-state index contributed by atoms with van der Waals surface area (Å²) in [5, 5.41) is 11.6. The van der Waals surface area contributed by atoms with E-state index in [0.29, 0.717) is 0 Å². The highest BCUT2D eigenvalue weighted by Crippen LogP contribution is 2.22. The smallest absolute Gasteiger partial charge is 0.326 e. The summed E-state index contributed by atoms with van der Waals surface area (Å²) < 4.78 is 32.1. The van der Waals surface area contributed by atoms with Gasteiger partial charge in [-0.1, -0.05) is 13.0 Å². The number of halogens is 2. The Bertz CT molecular complexity index is 614. The van der Waals surface area contributed by atoms with Crippen LogP contribution in [-0.4, -0.2) is 35.2 Å². The molecule has 0 saturated heterocycles. The maximum absolute atomic E-state index is 13.7. The van der Waals surface area contributed by atoms with Crippen molar-refractivity contribution in [2.75, 3.05) is 6.61 Å². The van der Waals surface area contributed by atoms with Gasteiger partial charge in [-0.15, -0.1) is 0 Å². The lowest BCUT2D eigenvalue weighted by molar-refractivity contribution is -0.142. The fourth-order valence-corrected chi connectivity index (χ4v) is 2.28. The number of carbonyl (C=O) groups excluding carboxylic acids is 1. The van der Waals surface area contributed by atoms with Crippen LogP contribution in [-0.2, 0) is 14.3 Å². The Morgan fingerprint density at radius 2 is 1.92 bits per heavy atom. The number of rotatable bonds is 8. The van der Waals surface area contributed by atoms with Crippen LogP contribution in [0.2, 0.25) is 0 Å². The molecule has 0 heterocycles. The standard InChI is InChI=1S/C18H25F2NO4/c1-11(13-6-5-12(19)10-14(13)20)9-16(22)21-15(17(23)24)7-8-25-18(2,3)4/h5-6,10-11,15H,7-9H2,1-4H3,(H,21,22)(H,23,24). The SMILES string of the molecule is CC(CC(=O)NC(CCOC(C)(C)C)C(=O)O)c1ccc(F)cc1F. The molecule has 0 aliphatic rings. The Labute approximate surface area is 146 Å². The molecule has 0 radical (unpaired) electrons. The van der Waals surface area contributed by atoms with Crippen LogP contribution in [0.5, 0.6) is 0 Å². The van der Waals surface area contributed by atoms with Gasteiger partial charge in [0, 0.05) is 25.5 Å². The van der Waals surface area contributed by atoms with Gasteiger partial charge < -0.3 is 15.2 Å². The number of carbonyl (C=O) groups is 2. The Balaban J connectivity index is 2.60. The Morgan fingerprint density at radius 1 is 1.28 bits per heavy atom. The van der Waals surface area contributed by atoms with E-state index in [-0.39, 0.29) is 25.0 Å². The number of amides is 1. The lowest BCUT2D eigenvalue weighted by Gasteiger charge is -2.22. The second kappa shape index (κ2) is 8.89. The molecule has 0 aliphatic carbocycles. The van der Waals surface area contributed by atoms with Gasteiger partial charge in [-0.25, -0.2) is 13.6 Å². The Kier molecular flexibility index (Phi) is 7.48. The number of hydrogen-bond acceptors (Lipinski definition) is 3. The molecule has 0 bridgehead atoms. The second-order valence-electron chi connectivity index (χ2n) is 6.98. The average Bonchev–Trinajstić information content (AvgIpc) is 2.44. The quantitative estimate of drug-likeness (QED) is 0.749. The molecule has 7 heteroatoms. The number of ether oxygens (including phenoxy) is 1. The minimum absolute atomic E-state index is 0.105. The molecular formula is C18H25F2NO4. The summed E-state index contributed by atoms with van der Waals surface area (Å²) in [4.78, 5) is 23.3. The lowest BCUT2D eigenvalue weighted by atomic mass is 9.96. The van der Waals surface area contributed by atoms with E-state index in [0.717, 1.165) is 12.1 Å². The van der Waals surface area contributed by atoms with E-state index in [4.69, 9.17) is 4.74 Å². The lowest BCUT2D eigenvalue weighted by Crippen LogP contribution is -2.42. The first kappa shape index (κ1) is 21.0. The van der Waals surface area contributed by atoms with E-state index in [1.165, 1.54) is 6.07 Å². The van der Waals surface area contributed by atoms with Gasteiger partial charge in [0.15, 0.2) is 0 Å². The second-order valence-corrected chi connectivity index (χ2v) is 6.98. The summed E-state index contributed by atoms with van der Waals surface area (Å²) >= 11 is 0. The molecule has 0 fully saturated rings. The first-order valence-corrected chi connectivity index (χ1v) is 8.10. The van der Waals surface area contributed by atoms with Crippen molar-refractivity contribution in [1.29, 1.82) is 0 Å². The average molecular weight is 357 g/mol. The van der Waals surface area contributed by atoms with Crippen LogP contribution >= 0.6 is 0 Å². The molecule has 2 unspecified atom stereocenters. The van der Waals surface area contributed by atoms with Gasteiger partial charge in [-0.3, -0.25) is 4.79 Å². The fourth-order valence-electron chi connectivity index (χ4n) is 2.28. The van der Waals surface area contributed by atoms with Crippen LogP contribution in [0.15, 0.2) is 18.2 Å². The van der Waals surface area contributed by atoms with Crippen molar-refractivity contribution in [2.24, 2.45) is 0 Å². The highest BCUT2D eigenvalue weighted by molar-refractivity contribution is 5.83. The van der Waals surface area contributed by atoms with Gasteiger partial charge in [0.2, 0.25) is 5.91 Å². The van der Waals surface area contributed by atoms with Crippen molar-refractivity contribution in [2.45, 2.75) is 58.1 Å². The summed E-state index contributed by atoms with van der Waals surface area (Å²) in [5.74, 6) is -3.61. The van der Waals surface area contributed by atoms with Gasteiger partial charge in [-0.05, 0) is 38.3 Å². The number of nitrogens with one attached hydrogen (secondary N) is 1. The number of carboxylic acid groups (broad SMARTS) is 1. The van der Waals surface area contributed by atoms with E-state index < -0.39 is 41.1 Å². The van der Waals surface area contributed by atoms with Crippen molar-refractivity contribution in [1.82, 2.24) is 5.32 Å². The number of benzene rings is 1. The molecule has 140 valence electrons. The third-order valence-corrected chi connectivity index (χ3v) is 3.56. The first-order chi connectivity index (χ1) is 11.5. The third-order valence-electron chi connectivity index (χ3n) is 3.56. The minimum Gasteiger partial charge on any atom is -0.480 e. The van der Waals surface area contributed by atoms with Crippen LogP contribution in [0.25, 0.3) is 0 Å². The van der Waals surface area contributed by atoms with Crippen molar-refractivity contribution in [3.63, 3.8) is 0 Å². The fraction of sp³-hybridized carbons (Fsp3) is 0.556. The van der Waals surface area contributed by atoms with E-state index in [1.807, 2.05) is 20.8 Å². The number of carboxylic acids is 1. The zero-order chi connectivity index (χ0) is 19.2. The minimum atomic E-state index is -1.16. The van der Waals surface area contributed by atoms with Crippen LogP contribution in [0.3, 0.4) is 0 Å². The largest absolute Gasteiger partial charge is 0.480 e. The van der Waals surface area contributed by atoms with Crippen molar-refractivity contribution in [3.8, 4) is 0 Å². The highest BCUT2D eigenvalue weighted by atomic mass is 19.1. The van der Waals surface area contributed by atoms with Gasteiger partial charge in [0.05, 0.1) is 5.60 Å². The van der Waals surface area contributed by atoms with Gasteiger partial charge in [0.25, 0.3) is 0 Å². The van der Waals surface area contributed by atoms with Gasteiger partial charge in [-0.2, -0.15) is 0 Å². The number of hydrogen-bond donors (Lipinski definition) is 2. The molecule has 0 spiro atoms. The predicted molar refractivity (Wildman–Crippen MR) is 89.3 cm³/mol. The molecule has 1 amide bonds. The third kappa shape index (κ3) is 7.60. The Morgan fingerprint density at radius 3 is 2.44 bits per heavy atom. The summed E-state index contributed by atoms with van der Waals surface area (Å²) in [6.45, 7) is 7.35. The maximum atomic E-state index is 13.7. The first-order valence-electron chi connectivity index (χ1n) is 8.10. The molecule has 5 nitrogen and oxygen atoms in total. The predicted octanol–water partition coefficient (Wildman–Crippen LogP) is 3.23. The van der Waals surface area contributed by atoms with Crippen LogP contribution < -0.4 is 5.32 Å². The van der Waals surface area contributed by atoms with Crippen molar-refractivity contribution < 1.29 is 28.2 Å². The molecule has 1 rings (SSSR count). The molecule has 1 aromatic rings. The molecule has 2 atom stereocenters. The van der Waals surface area contributed by atoms with E-state index >= 15 is 0 Å². The monoisotopic (exact) mass is 357 g/mol. The molecule has 0 aliphatic heterocycles. The van der Waals surface area contributed by atoms with Crippen LogP contribution in [0.1, 0.15) is 52.0 Å². The topological polar surface area (TPSA) is 75.6 Å². The van der Waals surface area contributed by atoms with Gasteiger partial charge in [0.1, 0.15) is 17.7 Å². The summed E-state index contributed by atoms with van der Waals surface area (Å²) in [6, 6.07) is 2.08. The summed E-state index contributed by atoms with van der Waals surface area (Å²) in [6.07, 6.45) is 0.0180. The zero-order valence-electron chi connectivity index (χ0n) is 14.9. The molecule has 25 heavy (non-hydrogen) atoms. The van der Waals surface area contributed by atoms with Crippen molar-refractivity contribution >= 4 is 11.9 Å². The Hall–Kier alpha value is -2.02. The molecule has 1 aromatic carbocycles. The van der Waals surface area contributed by atoms with Crippen molar-refractivity contribution in [3.05, 3.63) is 35.4 Å². The van der Waals surface area contributed by atoms with E-state index in [9.17, 15) is 23.5 Å². The summed E-state index contributed by atoms with van der Waals surface area (Å²) in [7, 11) is 0. The van der Waals surface area contributed by atoms with E-state index in [2.05, 4.69) is 5.32 Å². The van der Waals surface area contributed by atoms with Gasteiger partial charge >= 0.3 is 5.97 Å². The number of aliphatic carboxylic acids is 1. The van der Waals surface area contributed by atoms with E-state index in [1.54, 1.807) is 6.92 Å². The maximum Gasteiger partial charge on any atom is 0.326 e. The normalized spacial score (nSPS) is 14.0. The zero-order valence-corrected chi connectivity index (χ0v) is 14.9. The molecule has 0 aromatic heterocycles. The molecule has 2 N–H and O–H groups in total. The highest BCUT2D eigenvalue weighted by Gasteiger charge is 2.23.